The van der Waals surface area contributed by atoms with Gasteiger partial charge in [-0.1, -0.05) is 84.0 Å². The summed E-state index contributed by atoms with van der Waals surface area (Å²) < 4.78 is 11.7. The Hall–Kier alpha value is -3.44. The average Bonchev–Trinajstić information content (AvgIpc) is 3.42. The van der Waals surface area contributed by atoms with Crippen LogP contribution in [0.25, 0.3) is 0 Å². The first-order valence-corrected chi connectivity index (χ1v) is 10.6. The van der Waals surface area contributed by atoms with Crippen molar-refractivity contribution in [2.24, 2.45) is 0 Å². The van der Waals surface area contributed by atoms with Crippen LogP contribution < -0.4 is 4.74 Å². The third-order valence-corrected chi connectivity index (χ3v) is 5.64. The lowest BCUT2D eigenvalue weighted by molar-refractivity contribution is 0.155. The summed E-state index contributed by atoms with van der Waals surface area (Å²) in [4.78, 5) is 6.93. The van der Waals surface area contributed by atoms with Crippen LogP contribution in [0.1, 0.15) is 34.3 Å². The van der Waals surface area contributed by atoms with Crippen molar-refractivity contribution in [3.63, 3.8) is 0 Å². The van der Waals surface area contributed by atoms with Crippen molar-refractivity contribution < 1.29 is 9.26 Å². The number of ether oxygens (including phenoxy) is 1. The summed E-state index contributed by atoms with van der Waals surface area (Å²) in [5, 5.41) is 4.34. The fourth-order valence-electron chi connectivity index (χ4n) is 4.23. The molecular formula is C26H25N3O2. The summed E-state index contributed by atoms with van der Waals surface area (Å²) >= 11 is 0. The smallest absolute Gasteiger partial charge is 0.240 e. The highest BCUT2D eigenvalue weighted by Crippen LogP contribution is 2.30. The molecule has 0 unspecified atom stereocenters. The van der Waals surface area contributed by atoms with E-state index < -0.39 is 0 Å². The van der Waals surface area contributed by atoms with Crippen LogP contribution in [0.15, 0.2) is 89.5 Å². The molecule has 0 bridgehead atoms. The molecule has 1 atom stereocenters. The second-order valence-electron chi connectivity index (χ2n) is 8.05. The molecule has 156 valence electrons. The maximum absolute atomic E-state index is 6.07. The van der Waals surface area contributed by atoms with Gasteiger partial charge in [-0.25, -0.2) is 0 Å². The van der Waals surface area contributed by atoms with Crippen molar-refractivity contribution in [3.8, 4) is 5.75 Å². The van der Waals surface area contributed by atoms with E-state index in [1.807, 2.05) is 48.5 Å². The van der Waals surface area contributed by atoms with Crippen LogP contribution in [-0.2, 0) is 13.0 Å². The Morgan fingerprint density at radius 1 is 0.903 bits per heavy atom. The molecule has 0 N–H and O–H groups in total. The number of likely N-dealkylation sites (N-methyl/N-ethyl adjacent to an activating group) is 1. The van der Waals surface area contributed by atoms with Crippen LogP contribution >= 0.6 is 0 Å². The number of aromatic nitrogens is 2. The molecule has 3 aromatic carbocycles. The summed E-state index contributed by atoms with van der Waals surface area (Å²) in [6.45, 7) is 1.38. The van der Waals surface area contributed by atoms with Crippen molar-refractivity contribution in [1.29, 1.82) is 0 Å². The second kappa shape index (κ2) is 8.74. The first kappa shape index (κ1) is 19.5. The second-order valence-corrected chi connectivity index (χ2v) is 8.05. The third kappa shape index (κ3) is 4.37. The molecule has 0 aliphatic carbocycles. The summed E-state index contributed by atoms with van der Waals surface area (Å²) in [5.41, 5.74) is 3.56. The van der Waals surface area contributed by atoms with E-state index in [2.05, 4.69) is 53.5 Å². The van der Waals surface area contributed by atoms with Gasteiger partial charge in [0.25, 0.3) is 0 Å². The maximum Gasteiger partial charge on any atom is 0.240 e. The van der Waals surface area contributed by atoms with E-state index in [1.54, 1.807) is 0 Å². The zero-order valence-corrected chi connectivity index (χ0v) is 17.5. The Bertz CT molecular complexity index is 1060. The predicted molar refractivity (Wildman–Crippen MR) is 119 cm³/mol. The molecule has 0 amide bonds. The molecule has 5 rings (SSSR count). The largest absolute Gasteiger partial charge is 0.488 e. The Kier molecular flexibility index (Phi) is 5.50. The topological polar surface area (TPSA) is 51.4 Å². The molecule has 1 aromatic heterocycles. The fraction of sp³-hybridized carbons (Fsp3) is 0.231. The Morgan fingerprint density at radius 2 is 1.55 bits per heavy atom. The molecule has 0 saturated carbocycles. The van der Waals surface area contributed by atoms with E-state index >= 15 is 0 Å². The van der Waals surface area contributed by atoms with Gasteiger partial charge in [0.05, 0.1) is 12.5 Å². The van der Waals surface area contributed by atoms with E-state index in [9.17, 15) is 0 Å². The van der Waals surface area contributed by atoms with Gasteiger partial charge in [0, 0.05) is 13.0 Å². The normalized spacial score (nSPS) is 15.3. The molecule has 2 heterocycles. The highest BCUT2D eigenvalue weighted by Gasteiger charge is 2.25. The molecule has 0 fully saturated rings. The van der Waals surface area contributed by atoms with Gasteiger partial charge in [0.1, 0.15) is 11.9 Å². The van der Waals surface area contributed by atoms with Gasteiger partial charge in [-0.05, 0) is 29.8 Å². The number of para-hydroxylation sites is 1. The van der Waals surface area contributed by atoms with Crippen molar-refractivity contribution in [3.05, 3.63) is 113 Å². The average molecular weight is 412 g/mol. The van der Waals surface area contributed by atoms with Gasteiger partial charge >= 0.3 is 0 Å². The van der Waals surface area contributed by atoms with E-state index in [0.29, 0.717) is 18.3 Å². The maximum atomic E-state index is 6.07. The molecule has 0 radical (unpaired) electrons. The van der Waals surface area contributed by atoms with Crippen molar-refractivity contribution in [1.82, 2.24) is 15.0 Å². The SMILES string of the molecule is CN(Cc1nc(C(c2ccccc2)c2ccccc2)no1)C[C@H]1Cc2ccccc2O1. The molecule has 31 heavy (non-hydrogen) atoms. The first-order valence-electron chi connectivity index (χ1n) is 10.6. The van der Waals surface area contributed by atoms with Gasteiger partial charge < -0.3 is 9.26 Å². The van der Waals surface area contributed by atoms with Gasteiger partial charge in [0.2, 0.25) is 5.89 Å². The molecule has 4 aromatic rings. The highest BCUT2D eigenvalue weighted by molar-refractivity contribution is 5.38. The molecule has 1 aliphatic rings. The van der Waals surface area contributed by atoms with Crippen LogP contribution in [0.5, 0.6) is 5.75 Å². The fourth-order valence-corrected chi connectivity index (χ4v) is 4.23. The minimum Gasteiger partial charge on any atom is -0.488 e. The summed E-state index contributed by atoms with van der Waals surface area (Å²) in [5.74, 6) is 2.24. The Labute approximate surface area is 182 Å². The van der Waals surface area contributed by atoms with Gasteiger partial charge in [-0.3, -0.25) is 4.90 Å². The summed E-state index contributed by atoms with van der Waals surface area (Å²) in [6.07, 6.45) is 1.07. The molecule has 0 spiro atoms. The summed E-state index contributed by atoms with van der Waals surface area (Å²) in [7, 11) is 2.06. The van der Waals surface area contributed by atoms with E-state index in [1.165, 1.54) is 5.56 Å². The number of hydrogen-bond donors (Lipinski definition) is 0. The van der Waals surface area contributed by atoms with Crippen molar-refractivity contribution >= 4 is 0 Å². The standard InChI is InChI=1S/C26H25N3O2/c1-29(17-22-16-21-14-8-9-15-23(21)30-22)18-24-27-26(28-31-24)25(19-10-4-2-5-11-19)20-12-6-3-7-13-20/h2-15,22,25H,16-18H2,1H3/t22-/m1/s1. The summed E-state index contributed by atoms with van der Waals surface area (Å²) in [6, 6.07) is 28.9. The van der Waals surface area contributed by atoms with Crippen LogP contribution in [-0.4, -0.2) is 34.7 Å². The van der Waals surface area contributed by atoms with Crippen LogP contribution in [0.2, 0.25) is 0 Å². The minimum absolute atomic E-state index is 0.0575. The zero-order chi connectivity index (χ0) is 21.0. The lowest BCUT2D eigenvalue weighted by atomic mass is 9.91. The first-order chi connectivity index (χ1) is 15.3. The van der Waals surface area contributed by atoms with Crippen LogP contribution in [0, 0.1) is 0 Å². The lowest BCUT2D eigenvalue weighted by Gasteiger charge is -2.19. The van der Waals surface area contributed by atoms with Gasteiger partial charge in [-0.2, -0.15) is 4.98 Å². The number of rotatable bonds is 7. The van der Waals surface area contributed by atoms with E-state index in [-0.39, 0.29) is 12.0 Å². The van der Waals surface area contributed by atoms with Crippen molar-refractivity contribution in [2.45, 2.75) is 25.0 Å². The number of fused-ring (bicyclic) bond motifs is 1. The van der Waals surface area contributed by atoms with E-state index in [4.69, 9.17) is 14.2 Å². The Balaban J connectivity index is 1.29. The van der Waals surface area contributed by atoms with Crippen LogP contribution in [0.3, 0.4) is 0 Å². The quantitative estimate of drug-likeness (QED) is 0.442. The molecule has 5 heteroatoms. The van der Waals surface area contributed by atoms with Crippen LogP contribution in [0.4, 0.5) is 0 Å². The highest BCUT2D eigenvalue weighted by atomic mass is 16.5. The molecule has 5 nitrogen and oxygen atoms in total. The zero-order valence-electron chi connectivity index (χ0n) is 17.5. The molecular weight excluding hydrogens is 386 g/mol. The third-order valence-electron chi connectivity index (χ3n) is 5.64. The predicted octanol–water partition coefficient (Wildman–Crippen LogP) is 4.69. The monoisotopic (exact) mass is 411 g/mol. The number of hydrogen-bond acceptors (Lipinski definition) is 5. The lowest BCUT2D eigenvalue weighted by Crippen LogP contribution is -2.31. The molecule has 0 saturated heterocycles. The Morgan fingerprint density at radius 3 is 2.23 bits per heavy atom. The minimum atomic E-state index is -0.0575. The van der Waals surface area contributed by atoms with Gasteiger partial charge in [-0.15, -0.1) is 0 Å². The number of nitrogens with zero attached hydrogens (tertiary/aromatic N) is 3. The molecule has 1 aliphatic heterocycles. The van der Waals surface area contributed by atoms with Gasteiger partial charge in [0.15, 0.2) is 5.82 Å². The number of benzene rings is 3. The van der Waals surface area contributed by atoms with Crippen molar-refractivity contribution in [2.75, 3.05) is 13.6 Å². The van der Waals surface area contributed by atoms with E-state index in [0.717, 1.165) is 29.8 Å².